The average Bonchev–Trinajstić information content (AvgIpc) is 2.57. The summed E-state index contributed by atoms with van der Waals surface area (Å²) in [6, 6.07) is 14.0. The molecule has 0 N–H and O–H groups in total. The van der Waals surface area contributed by atoms with E-state index in [0.717, 1.165) is 27.9 Å². The van der Waals surface area contributed by atoms with Gasteiger partial charge in [-0.1, -0.05) is 30.3 Å². The highest BCUT2D eigenvalue weighted by molar-refractivity contribution is 5.83. The van der Waals surface area contributed by atoms with Crippen molar-refractivity contribution < 1.29 is 14.0 Å². The topological polar surface area (TPSA) is 35.2 Å². The zero-order valence-electron chi connectivity index (χ0n) is 13.0. The van der Waals surface area contributed by atoms with Crippen molar-refractivity contribution in [3.63, 3.8) is 0 Å². The Bertz CT molecular complexity index is 801. The van der Waals surface area contributed by atoms with Gasteiger partial charge in [-0.25, -0.2) is 4.57 Å². The van der Waals surface area contributed by atoms with Crippen LogP contribution in [0.15, 0.2) is 48.8 Å². The maximum Gasteiger partial charge on any atom is 0.286 e. The molecule has 0 spiro atoms. The summed E-state index contributed by atoms with van der Waals surface area (Å²) in [4.78, 5) is 4.44. The third kappa shape index (κ3) is 2.72. The van der Waals surface area contributed by atoms with Gasteiger partial charge in [0.2, 0.25) is 0 Å². The van der Waals surface area contributed by atoms with Crippen molar-refractivity contribution in [1.29, 1.82) is 0 Å². The Morgan fingerprint density at radius 3 is 2.59 bits per heavy atom. The molecule has 0 aliphatic heterocycles. The highest BCUT2D eigenvalue weighted by Gasteiger charge is 2.14. The molecule has 1 heterocycles. The maximum atomic E-state index is 5.96. The normalized spacial score (nSPS) is 10.7. The van der Waals surface area contributed by atoms with Gasteiger partial charge in [0, 0.05) is 6.07 Å². The summed E-state index contributed by atoms with van der Waals surface area (Å²) >= 11 is 0. The molecule has 4 nitrogen and oxygen atoms in total. The molecule has 0 fully saturated rings. The molecule has 0 aliphatic carbocycles. The molecular weight excluding hydrogens is 276 g/mol. The number of aryl methyl sites for hydroxylation is 2. The number of hydrogen-bond acceptors (Lipinski definition) is 3. The Morgan fingerprint density at radius 2 is 1.86 bits per heavy atom. The Labute approximate surface area is 130 Å². The predicted molar refractivity (Wildman–Crippen MR) is 85.0 cm³/mol. The lowest BCUT2D eigenvalue weighted by Crippen LogP contribution is -2.32. The fraction of sp³-hybridized carbons (Fsp3) is 0.222. The molecule has 112 valence electrons. The van der Waals surface area contributed by atoms with Crippen LogP contribution in [0.1, 0.15) is 11.3 Å². The smallest absolute Gasteiger partial charge is 0.286 e. The first-order valence-electron chi connectivity index (χ1n) is 7.18. The molecule has 2 aromatic carbocycles. The molecule has 4 heteroatoms. The molecule has 22 heavy (non-hydrogen) atoms. The van der Waals surface area contributed by atoms with Crippen molar-refractivity contribution in [2.75, 3.05) is 7.11 Å². The van der Waals surface area contributed by atoms with Crippen molar-refractivity contribution in [1.82, 2.24) is 4.98 Å². The van der Waals surface area contributed by atoms with E-state index < -0.39 is 0 Å². The van der Waals surface area contributed by atoms with Gasteiger partial charge in [0.25, 0.3) is 6.33 Å². The van der Waals surface area contributed by atoms with Crippen LogP contribution in [-0.4, -0.2) is 12.1 Å². The lowest BCUT2D eigenvalue weighted by Gasteiger charge is -2.11. The van der Waals surface area contributed by atoms with E-state index in [1.165, 1.54) is 0 Å². The number of rotatable bonds is 4. The molecule has 0 saturated heterocycles. The minimum absolute atomic E-state index is 0.508. The highest BCUT2D eigenvalue weighted by atomic mass is 16.5. The van der Waals surface area contributed by atoms with E-state index >= 15 is 0 Å². The lowest BCUT2D eigenvalue weighted by atomic mass is 10.1. The zero-order valence-corrected chi connectivity index (χ0v) is 13.0. The van der Waals surface area contributed by atoms with Gasteiger partial charge in [0.05, 0.1) is 19.5 Å². The second-order valence-electron chi connectivity index (χ2n) is 5.24. The van der Waals surface area contributed by atoms with Crippen molar-refractivity contribution in [2.24, 2.45) is 7.05 Å². The van der Waals surface area contributed by atoms with E-state index in [4.69, 9.17) is 9.47 Å². The van der Waals surface area contributed by atoms with E-state index in [0.29, 0.717) is 12.4 Å². The Kier molecular flexibility index (Phi) is 3.92. The summed E-state index contributed by atoms with van der Waals surface area (Å²) < 4.78 is 13.4. The van der Waals surface area contributed by atoms with Crippen molar-refractivity contribution in [2.45, 2.75) is 13.5 Å². The number of methoxy groups -OCH3 is 1. The quantitative estimate of drug-likeness (QED) is 0.694. The lowest BCUT2D eigenvalue weighted by molar-refractivity contribution is -0.679. The van der Waals surface area contributed by atoms with E-state index in [1.807, 2.05) is 60.4 Å². The minimum atomic E-state index is 0.508. The number of ether oxygens (including phenoxy) is 2. The summed E-state index contributed by atoms with van der Waals surface area (Å²) in [7, 11) is 3.63. The van der Waals surface area contributed by atoms with Crippen LogP contribution in [0.2, 0.25) is 0 Å². The van der Waals surface area contributed by atoms with E-state index in [1.54, 1.807) is 7.11 Å². The van der Waals surface area contributed by atoms with Gasteiger partial charge in [-0.3, -0.25) is 0 Å². The number of fused-ring (bicyclic) bond motifs is 1. The Balaban J connectivity index is 1.98. The molecule has 3 aromatic rings. The summed E-state index contributed by atoms with van der Waals surface area (Å²) in [5.41, 5.74) is 3.16. The molecule has 0 bridgehead atoms. The molecular formula is C18H19N2O2+. The van der Waals surface area contributed by atoms with Crippen LogP contribution in [0.5, 0.6) is 11.5 Å². The molecule has 0 unspecified atom stereocenters. The third-order valence-corrected chi connectivity index (χ3v) is 3.81. The molecule has 0 aliphatic rings. The molecule has 3 rings (SSSR count). The Morgan fingerprint density at radius 1 is 1.09 bits per heavy atom. The third-order valence-electron chi connectivity index (χ3n) is 3.81. The first kappa shape index (κ1) is 14.3. The zero-order chi connectivity index (χ0) is 15.5. The van der Waals surface area contributed by atoms with Crippen LogP contribution >= 0.6 is 0 Å². The monoisotopic (exact) mass is 295 g/mol. The maximum absolute atomic E-state index is 5.96. The SMILES string of the molecule is COc1cc2nc[n+](C)c(C)c2cc1OCc1ccccc1. The molecule has 0 saturated carbocycles. The number of aromatic nitrogens is 2. The fourth-order valence-corrected chi connectivity index (χ4v) is 2.38. The molecule has 1 aromatic heterocycles. The van der Waals surface area contributed by atoms with E-state index in [9.17, 15) is 0 Å². The summed E-state index contributed by atoms with van der Waals surface area (Å²) in [5.74, 6) is 1.43. The number of nitrogens with zero attached hydrogens (tertiary/aromatic N) is 2. The fourth-order valence-electron chi connectivity index (χ4n) is 2.38. The van der Waals surface area contributed by atoms with Gasteiger partial charge in [-0.2, -0.15) is 0 Å². The first-order valence-corrected chi connectivity index (χ1v) is 7.18. The van der Waals surface area contributed by atoms with Gasteiger partial charge in [0.1, 0.15) is 12.3 Å². The predicted octanol–water partition coefficient (Wildman–Crippen LogP) is 2.96. The van der Waals surface area contributed by atoms with E-state index in [2.05, 4.69) is 11.9 Å². The Hall–Kier alpha value is -2.62. The minimum Gasteiger partial charge on any atom is -0.493 e. The van der Waals surface area contributed by atoms with Crippen LogP contribution < -0.4 is 14.0 Å². The summed E-state index contributed by atoms with van der Waals surface area (Å²) in [5, 5.41) is 1.06. The summed E-state index contributed by atoms with van der Waals surface area (Å²) in [6.45, 7) is 2.58. The molecule has 0 amide bonds. The van der Waals surface area contributed by atoms with Crippen LogP contribution in [0.25, 0.3) is 10.9 Å². The van der Waals surface area contributed by atoms with Crippen LogP contribution in [0.3, 0.4) is 0 Å². The largest absolute Gasteiger partial charge is 0.493 e. The summed E-state index contributed by atoms with van der Waals surface area (Å²) in [6.07, 6.45) is 1.81. The van der Waals surface area contributed by atoms with Crippen molar-refractivity contribution in [3.8, 4) is 11.5 Å². The van der Waals surface area contributed by atoms with Gasteiger partial charge < -0.3 is 9.47 Å². The highest BCUT2D eigenvalue weighted by Crippen LogP contribution is 2.32. The van der Waals surface area contributed by atoms with Gasteiger partial charge in [-0.15, -0.1) is 0 Å². The van der Waals surface area contributed by atoms with E-state index in [-0.39, 0.29) is 0 Å². The second-order valence-corrected chi connectivity index (χ2v) is 5.24. The van der Waals surface area contributed by atoms with Crippen LogP contribution in [0.4, 0.5) is 0 Å². The second kappa shape index (κ2) is 6.02. The van der Waals surface area contributed by atoms with Gasteiger partial charge in [0.15, 0.2) is 17.0 Å². The van der Waals surface area contributed by atoms with Crippen LogP contribution in [-0.2, 0) is 13.7 Å². The van der Waals surface area contributed by atoms with Gasteiger partial charge in [-0.05, 0) is 23.5 Å². The molecule has 0 atom stereocenters. The standard InChI is InChI=1S/C18H19N2O2/c1-13-15-9-18(22-11-14-7-5-4-6-8-14)17(21-3)10-16(15)19-12-20(13)2/h4-10,12H,11H2,1-3H3/q+1. The number of hydrogen-bond donors (Lipinski definition) is 0. The van der Waals surface area contributed by atoms with Gasteiger partial charge >= 0.3 is 0 Å². The van der Waals surface area contributed by atoms with Crippen LogP contribution in [0, 0.1) is 6.92 Å². The molecule has 0 radical (unpaired) electrons. The van der Waals surface area contributed by atoms with Crippen molar-refractivity contribution >= 4 is 10.9 Å². The average molecular weight is 295 g/mol. The number of benzene rings is 2. The van der Waals surface area contributed by atoms with Crippen molar-refractivity contribution in [3.05, 3.63) is 60.0 Å². The first-order chi connectivity index (χ1) is 10.7.